The van der Waals surface area contributed by atoms with E-state index in [4.69, 9.17) is 5.26 Å². The number of halogens is 6. The number of alkyl halides is 6. The number of nitriles is 1. The van der Waals surface area contributed by atoms with Gasteiger partial charge in [-0.25, -0.2) is 9.69 Å². The van der Waals surface area contributed by atoms with Crippen molar-refractivity contribution < 1.29 is 35.9 Å². The molecule has 0 atom stereocenters. The van der Waals surface area contributed by atoms with Gasteiger partial charge >= 0.3 is 18.4 Å². The number of hydrogen-bond donors (Lipinski definition) is 0. The van der Waals surface area contributed by atoms with Crippen LogP contribution >= 0.6 is 0 Å². The molecule has 0 spiro atoms. The second-order valence-electron chi connectivity index (χ2n) is 7.20. The van der Waals surface area contributed by atoms with E-state index in [1.807, 2.05) is 0 Å². The van der Waals surface area contributed by atoms with Crippen molar-refractivity contribution in [2.75, 3.05) is 9.80 Å². The number of anilines is 2. The SMILES string of the molecule is CC1(C)C(=O)N(c2ccc(C(F)(F)F)cc2)C(=O)N1c1ccc(C#N)c(C(F)(F)F)c1. The molecule has 0 bridgehead atoms. The number of nitrogens with zero attached hydrogens (tertiary/aromatic N) is 3. The molecule has 1 aliphatic heterocycles. The van der Waals surface area contributed by atoms with Crippen LogP contribution in [0.25, 0.3) is 0 Å². The Morgan fingerprint density at radius 1 is 0.871 bits per heavy atom. The van der Waals surface area contributed by atoms with Gasteiger partial charge in [0.25, 0.3) is 5.91 Å². The van der Waals surface area contributed by atoms with E-state index in [-0.39, 0.29) is 11.4 Å². The Bertz CT molecular complexity index is 1100. The smallest absolute Gasteiger partial charge is 0.279 e. The van der Waals surface area contributed by atoms with Gasteiger partial charge in [0.1, 0.15) is 5.54 Å². The molecule has 1 heterocycles. The minimum Gasteiger partial charge on any atom is -0.279 e. The van der Waals surface area contributed by atoms with Crippen LogP contribution in [0.1, 0.15) is 30.5 Å². The number of rotatable bonds is 2. The fraction of sp³-hybridized carbons (Fsp3) is 0.250. The van der Waals surface area contributed by atoms with Gasteiger partial charge in [-0.05, 0) is 56.3 Å². The van der Waals surface area contributed by atoms with E-state index in [2.05, 4.69) is 0 Å². The summed E-state index contributed by atoms with van der Waals surface area (Å²) in [5.74, 6) is -0.838. The average molecular weight is 441 g/mol. The van der Waals surface area contributed by atoms with Crippen LogP contribution in [0, 0.1) is 11.3 Å². The summed E-state index contributed by atoms with van der Waals surface area (Å²) >= 11 is 0. The molecule has 162 valence electrons. The van der Waals surface area contributed by atoms with E-state index in [1.54, 1.807) is 0 Å². The topological polar surface area (TPSA) is 64.4 Å². The quantitative estimate of drug-likeness (QED) is 0.466. The molecule has 0 saturated carbocycles. The first-order valence-electron chi connectivity index (χ1n) is 8.67. The Hall–Kier alpha value is -3.55. The summed E-state index contributed by atoms with van der Waals surface area (Å²) < 4.78 is 78.3. The lowest BCUT2D eigenvalue weighted by molar-refractivity contribution is -0.138. The Balaban J connectivity index is 2.07. The summed E-state index contributed by atoms with van der Waals surface area (Å²) in [6.45, 7) is 2.59. The predicted molar refractivity (Wildman–Crippen MR) is 97.0 cm³/mol. The Morgan fingerprint density at radius 3 is 1.90 bits per heavy atom. The monoisotopic (exact) mass is 441 g/mol. The molecule has 0 aromatic heterocycles. The number of hydrogen-bond acceptors (Lipinski definition) is 3. The van der Waals surface area contributed by atoms with Crippen molar-refractivity contribution in [3.05, 3.63) is 59.2 Å². The third-order valence-electron chi connectivity index (χ3n) is 4.81. The molecular formula is C20H13F6N3O2. The van der Waals surface area contributed by atoms with Crippen molar-refractivity contribution in [2.24, 2.45) is 0 Å². The van der Waals surface area contributed by atoms with Gasteiger partial charge in [0.15, 0.2) is 0 Å². The molecule has 1 fully saturated rings. The van der Waals surface area contributed by atoms with Gasteiger partial charge in [0.2, 0.25) is 0 Å². The van der Waals surface area contributed by atoms with Crippen LogP contribution in [-0.4, -0.2) is 17.5 Å². The van der Waals surface area contributed by atoms with Crippen LogP contribution in [0.4, 0.5) is 42.5 Å². The molecule has 0 unspecified atom stereocenters. The van der Waals surface area contributed by atoms with Crippen LogP contribution in [0.5, 0.6) is 0 Å². The van der Waals surface area contributed by atoms with Crippen molar-refractivity contribution in [3.63, 3.8) is 0 Å². The van der Waals surface area contributed by atoms with Crippen LogP contribution < -0.4 is 9.80 Å². The van der Waals surface area contributed by atoms with Crippen LogP contribution in [0.15, 0.2) is 42.5 Å². The summed E-state index contributed by atoms with van der Waals surface area (Å²) in [5.41, 5.74) is -5.03. The van der Waals surface area contributed by atoms with Gasteiger partial charge in [0, 0.05) is 5.69 Å². The van der Waals surface area contributed by atoms with Crippen LogP contribution in [0.2, 0.25) is 0 Å². The molecule has 5 nitrogen and oxygen atoms in total. The second-order valence-corrected chi connectivity index (χ2v) is 7.20. The average Bonchev–Trinajstić information content (AvgIpc) is 2.84. The highest BCUT2D eigenvalue weighted by molar-refractivity contribution is 6.30. The zero-order valence-corrected chi connectivity index (χ0v) is 16.0. The normalized spacial score (nSPS) is 16.6. The molecule has 0 N–H and O–H groups in total. The molecule has 31 heavy (non-hydrogen) atoms. The Morgan fingerprint density at radius 2 is 1.42 bits per heavy atom. The van der Waals surface area contributed by atoms with E-state index >= 15 is 0 Å². The molecule has 3 amide bonds. The van der Waals surface area contributed by atoms with Gasteiger partial charge < -0.3 is 0 Å². The molecule has 0 aliphatic carbocycles. The molecule has 3 rings (SSSR count). The Kier molecular flexibility index (Phi) is 5.00. The number of carbonyl (C=O) groups excluding carboxylic acids is 2. The number of benzene rings is 2. The largest absolute Gasteiger partial charge is 0.417 e. The van der Waals surface area contributed by atoms with Gasteiger partial charge in [-0.1, -0.05) is 0 Å². The van der Waals surface area contributed by atoms with Crippen molar-refractivity contribution in [1.29, 1.82) is 5.26 Å². The first-order valence-corrected chi connectivity index (χ1v) is 8.67. The third-order valence-corrected chi connectivity index (χ3v) is 4.81. The zero-order chi connectivity index (χ0) is 23.4. The van der Waals surface area contributed by atoms with Crippen LogP contribution in [-0.2, 0) is 17.1 Å². The third kappa shape index (κ3) is 3.69. The van der Waals surface area contributed by atoms with E-state index in [0.717, 1.165) is 29.2 Å². The van der Waals surface area contributed by atoms with Gasteiger partial charge in [-0.2, -0.15) is 31.6 Å². The maximum Gasteiger partial charge on any atom is 0.417 e. The minimum atomic E-state index is -4.88. The molecule has 0 radical (unpaired) electrons. The highest BCUT2D eigenvalue weighted by atomic mass is 19.4. The van der Waals surface area contributed by atoms with Crippen molar-refractivity contribution in [2.45, 2.75) is 31.7 Å². The first-order chi connectivity index (χ1) is 14.2. The van der Waals surface area contributed by atoms with Gasteiger partial charge in [0.05, 0.1) is 28.4 Å². The highest BCUT2D eigenvalue weighted by Gasteiger charge is 2.53. The fourth-order valence-corrected chi connectivity index (χ4v) is 3.26. The van der Waals surface area contributed by atoms with Crippen molar-refractivity contribution >= 4 is 23.3 Å². The maximum atomic E-state index is 13.3. The molecule has 11 heteroatoms. The van der Waals surface area contributed by atoms with E-state index in [9.17, 15) is 35.9 Å². The summed E-state index contributed by atoms with van der Waals surface area (Å²) in [6.07, 6.45) is -9.51. The number of urea groups is 1. The molecule has 1 saturated heterocycles. The lowest BCUT2D eigenvalue weighted by Gasteiger charge is -2.28. The summed E-state index contributed by atoms with van der Waals surface area (Å²) in [4.78, 5) is 27.3. The second kappa shape index (κ2) is 7.01. The number of amides is 3. The van der Waals surface area contributed by atoms with Gasteiger partial charge in [-0.15, -0.1) is 0 Å². The number of imide groups is 1. The summed E-state index contributed by atoms with van der Waals surface area (Å²) in [6, 6.07) is 6.18. The Labute approximate surface area is 172 Å². The van der Waals surface area contributed by atoms with E-state index in [1.165, 1.54) is 19.9 Å². The highest BCUT2D eigenvalue weighted by Crippen LogP contribution is 2.40. The lowest BCUT2D eigenvalue weighted by atomic mass is 10.0. The van der Waals surface area contributed by atoms with Crippen molar-refractivity contribution in [1.82, 2.24) is 0 Å². The predicted octanol–water partition coefficient (Wildman–Crippen LogP) is 5.35. The summed E-state index contributed by atoms with van der Waals surface area (Å²) in [7, 11) is 0. The number of carbonyl (C=O) groups is 2. The summed E-state index contributed by atoms with van der Waals surface area (Å²) in [5, 5.41) is 8.93. The molecule has 2 aromatic carbocycles. The zero-order valence-electron chi connectivity index (χ0n) is 16.0. The van der Waals surface area contributed by atoms with Crippen LogP contribution in [0.3, 0.4) is 0 Å². The first kappa shape index (κ1) is 22.1. The fourth-order valence-electron chi connectivity index (χ4n) is 3.26. The van der Waals surface area contributed by atoms with Crippen molar-refractivity contribution in [3.8, 4) is 6.07 Å². The standard InChI is InChI=1S/C20H13F6N3O2/c1-18(2)16(30)28(13-7-4-12(5-8-13)19(21,22)23)17(31)29(18)14-6-3-11(10-27)15(9-14)20(24,25)26/h3-9H,1-2H3. The minimum absolute atomic E-state index is 0.164. The molecule has 1 aliphatic rings. The van der Waals surface area contributed by atoms with E-state index in [0.29, 0.717) is 23.1 Å². The maximum absolute atomic E-state index is 13.3. The molecular weight excluding hydrogens is 428 g/mol. The van der Waals surface area contributed by atoms with Gasteiger partial charge in [-0.3, -0.25) is 9.69 Å². The van der Waals surface area contributed by atoms with E-state index < -0.39 is 46.5 Å². The lowest BCUT2D eigenvalue weighted by Crippen LogP contribution is -2.44. The molecule has 2 aromatic rings.